The lowest BCUT2D eigenvalue weighted by Gasteiger charge is -2.34. The molecule has 1 heterocycles. The van der Waals surface area contributed by atoms with Gasteiger partial charge in [0, 0.05) is 64.6 Å². The van der Waals surface area contributed by atoms with E-state index in [1.165, 1.54) is 0 Å². The van der Waals surface area contributed by atoms with Crippen molar-refractivity contribution in [1.82, 2.24) is 0 Å². The number of hydrogen-bond donors (Lipinski definition) is 1. The zero-order chi connectivity index (χ0) is 29.1. The van der Waals surface area contributed by atoms with E-state index < -0.39 is 47.3 Å². The van der Waals surface area contributed by atoms with Crippen LogP contribution in [0.2, 0.25) is 0 Å². The van der Waals surface area contributed by atoms with Gasteiger partial charge in [-0.15, -0.1) is 0 Å². The summed E-state index contributed by atoms with van der Waals surface area (Å²) in [7, 11) is 3.65. The molecule has 3 aromatic carbocycles. The van der Waals surface area contributed by atoms with Crippen LogP contribution in [-0.4, -0.2) is 49.6 Å². The molecule has 0 radical (unpaired) electrons. The van der Waals surface area contributed by atoms with Gasteiger partial charge in [0.1, 0.15) is 25.5 Å². The summed E-state index contributed by atoms with van der Waals surface area (Å²) in [5, 5.41) is 11.2. The Kier molecular flexibility index (Phi) is 6.71. The van der Waals surface area contributed by atoms with Crippen molar-refractivity contribution in [2.45, 2.75) is 6.92 Å². The highest BCUT2D eigenvalue weighted by Gasteiger charge is 2.44. The number of carbonyl (C=O) groups is 1. The normalized spacial score (nSPS) is 17.8. The fraction of sp³-hybridized carbons (Fsp3) is 0.161. The minimum atomic E-state index is -3.64. The lowest BCUT2D eigenvalue weighted by molar-refractivity contribution is -0.462. The predicted molar refractivity (Wildman–Crippen MR) is 152 cm³/mol. The molecule has 1 aliphatic heterocycles. The van der Waals surface area contributed by atoms with E-state index in [1.807, 2.05) is 43.7 Å². The summed E-state index contributed by atoms with van der Waals surface area (Å²) in [6, 6.07) is 14.0. The summed E-state index contributed by atoms with van der Waals surface area (Å²) < 4.78 is 63.2. The first-order chi connectivity index (χ1) is 18.9. The van der Waals surface area contributed by atoms with Gasteiger partial charge in [-0.05, 0) is 36.3 Å². The van der Waals surface area contributed by atoms with Gasteiger partial charge in [-0.2, -0.15) is 0 Å². The van der Waals surface area contributed by atoms with Gasteiger partial charge in [-0.3, -0.25) is 0 Å². The Morgan fingerprint density at radius 1 is 0.950 bits per heavy atom. The second-order valence-corrected chi connectivity index (χ2v) is 12.8. The second kappa shape index (κ2) is 9.79. The largest absolute Gasteiger partial charge is 0.478 e. The van der Waals surface area contributed by atoms with Crippen LogP contribution in [0.5, 0.6) is 0 Å². The number of aromatic carboxylic acids is 1. The molecule has 1 N–H and O–H groups in total. The van der Waals surface area contributed by atoms with Crippen LogP contribution in [0, 0.1) is 24.4 Å². The van der Waals surface area contributed by atoms with Crippen LogP contribution in [0.25, 0.3) is 5.57 Å². The molecule has 0 saturated carbocycles. The second-order valence-electron chi connectivity index (χ2n) is 10.1. The Balaban J connectivity index is 2.04. The van der Waals surface area contributed by atoms with Crippen molar-refractivity contribution in [2.75, 3.05) is 33.1 Å². The molecule has 0 fully saturated rings. The van der Waals surface area contributed by atoms with Gasteiger partial charge in [0.25, 0.3) is 0 Å². The number of benzene rings is 3. The lowest BCUT2D eigenvalue weighted by atomic mass is 9.85. The van der Waals surface area contributed by atoms with Gasteiger partial charge >= 0.3 is 5.97 Å². The maximum atomic E-state index is 16.0. The standard InChI is InChI=1S/C31H26F3N2O3P/c1-17-28(32)26(27(31(37)38)30(34)29(17)33)25-21-13-11-18(35(2)3)15-23(21)40(39,20-9-7-6-8-10-20)24-16-19(36(4)5)12-14-22(24)25/h6-16H,1-5H3/p+1. The Labute approximate surface area is 230 Å². The van der Waals surface area contributed by atoms with Crippen molar-refractivity contribution in [1.29, 1.82) is 0 Å². The van der Waals surface area contributed by atoms with Crippen molar-refractivity contribution in [3.05, 3.63) is 117 Å². The van der Waals surface area contributed by atoms with E-state index in [2.05, 4.69) is 0 Å². The van der Waals surface area contributed by atoms with E-state index in [0.29, 0.717) is 27.3 Å². The first-order valence-electron chi connectivity index (χ1n) is 12.5. The summed E-state index contributed by atoms with van der Waals surface area (Å²) in [4.78, 5) is 14.1. The zero-order valence-corrected chi connectivity index (χ0v) is 23.5. The van der Waals surface area contributed by atoms with Crippen LogP contribution in [-0.2, 0) is 4.57 Å². The molecule has 0 spiro atoms. The van der Waals surface area contributed by atoms with Crippen molar-refractivity contribution in [3.63, 3.8) is 0 Å². The fourth-order valence-electron chi connectivity index (χ4n) is 5.21. The number of hydrogen-bond acceptors (Lipinski definition) is 3. The molecule has 5 rings (SSSR count). The van der Waals surface area contributed by atoms with E-state index in [9.17, 15) is 14.3 Å². The molecule has 9 heteroatoms. The highest BCUT2D eigenvalue weighted by Crippen LogP contribution is 2.62. The minimum absolute atomic E-state index is 0.0416. The third-order valence-electron chi connectivity index (χ3n) is 7.34. The molecule has 0 aromatic heterocycles. The molecule has 1 unspecified atom stereocenters. The van der Waals surface area contributed by atoms with Crippen LogP contribution >= 0.6 is 7.14 Å². The van der Waals surface area contributed by atoms with Crippen LogP contribution < -0.4 is 15.5 Å². The van der Waals surface area contributed by atoms with Gasteiger partial charge in [0.05, 0.1) is 0 Å². The average Bonchev–Trinajstić information content (AvgIpc) is 2.94. The molecule has 1 aliphatic carbocycles. The molecule has 0 bridgehead atoms. The molecule has 0 saturated heterocycles. The molecule has 5 nitrogen and oxygen atoms in total. The van der Waals surface area contributed by atoms with Crippen molar-refractivity contribution < 1.29 is 32.2 Å². The Morgan fingerprint density at radius 2 is 1.62 bits per heavy atom. The average molecular weight is 564 g/mol. The first kappa shape index (κ1) is 27.4. The maximum Gasteiger partial charge on any atom is 0.339 e. The number of rotatable bonds is 4. The smallest absolute Gasteiger partial charge is 0.339 e. The zero-order valence-electron chi connectivity index (χ0n) is 22.6. The quantitative estimate of drug-likeness (QED) is 0.260. The molecule has 204 valence electrons. The van der Waals surface area contributed by atoms with Crippen LogP contribution in [0.15, 0.2) is 77.6 Å². The van der Waals surface area contributed by atoms with Crippen molar-refractivity contribution >= 4 is 40.7 Å². The highest BCUT2D eigenvalue weighted by molar-refractivity contribution is 7.83. The third-order valence-corrected chi connectivity index (χ3v) is 10.5. The summed E-state index contributed by atoms with van der Waals surface area (Å²) in [6.07, 6.45) is 5.11. The number of allylic oxidation sites excluding steroid dienone is 5. The van der Waals surface area contributed by atoms with Crippen molar-refractivity contribution in [2.24, 2.45) is 0 Å². The summed E-state index contributed by atoms with van der Waals surface area (Å²) in [5.74, 6) is -6.21. The SMILES string of the molecule is Cc1c(F)c(F)c(C(=O)O)c(C2=C3C=CC(=[N+](C)C)C=C3P(=O)(c3ccccc3)c3cc(N(C)C)ccc32)c1F. The molecule has 1 atom stereocenters. The van der Waals surface area contributed by atoms with Gasteiger partial charge in [0.2, 0.25) is 0 Å². The van der Waals surface area contributed by atoms with Crippen LogP contribution in [0.4, 0.5) is 18.9 Å². The molecular weight excluding hydrogens is 536 g/mol. The molecule has 2 aliphatic rings. The van der Waals surface area contributed by atoms with Crippen LogP contribution in [0.3, 0.4) is 0 Å². The lowest BCUT2D eigenvalue weighted by Crippen LogP contribution is -2.29. The number of halogens is 3. The van der Waals surface area contributed by atoms with E-state index in [-0.39, 0.29) is 16.7 Å². The van der Waals surface area contributed by atoms with E-state index >= 15 is 13.3 Å². The minimum Gasteiger partial charge on any atom is -0.478 e. The van der Waals surface area contributed by atoms with Gasteiger partial charge in [0.15, 0.2) is 24.5 Å². The maximum absolute atomic E-state index is 16.0. The molecular formula is C31H27F3N2O3P+. The van der Waals surface area contributed by atoms with E-state index in [4.69, 9.17) is 0 Å². The number of carboxylic acids is 1. The van der Waals surface area contributed by atoms with E-state index in [1.54, 1.807) is 60.7 Å². The Hall–Kier alpha value is -4.16. The third kappa shape index (κ3) is 3.97. The Morgan fingerprint density at radius 3 is 2.23 bits per heavy atom. The Bertz CT molecular complexity index is 1780. The molecule has 40 heavy (non-hydrogen) atoms. The summed E-state index contributed by atoms with van der Waals surface area (Å²) >= 11 is 0. The predicted octanol–water partition coefficient (Wildman–Crippen LogP) is 5.47. The number of fused-ring (bicyclic) bond motifs is 2. The number of nitrogens with zero attached hydrogens (tertiary/aromatic N) is 2. The first-order valence-corrected chi connectivity index (χ1v) is 14.2. The van der Waals surface area contributed by atoms with E-state index in [0.717, 1.165) is 6.92 Å². The van der Waals surface area contributed by atoms with Crippen molar-refractivity contribution in [3.8, 4) is 0 Å². The fourth-order valence-corrected chi connectivity index (χ4v) is 8.30. The number of anilines is 1. The molecule has 0 amide bonds. The monoisotopic (exact) mass is 563 g/mol. The number of carboxylic acid groups (broad SMARTS) is 1. The molecule has 3 aromatic rings. The topological polar surface area (TPSA) is 60.6 Å². The van der Waals surface area contributed by atoms with Gasteiger partial charge < -0.3 is 14.6 Å². The summed E-state index contributed by atoms with van der Waals surface area (Å²) in [6.45, 7) is 1.06. The summed E-state index contributed by atoms with van der Waals surface area (Å²) in [5.41, 5.74) is -0.300. The van der Waals surface area contributed by atoms with Gasteiger partial charge in [-0.25, -0.2) is 22.5 Å². The van der Waals surface area contributed by atoms with Crippen LogP contribution in [0.1, 0.15) is 27.0 Å². The van der Waals surface area contributed by atoms with Gasteiger partial charge in [-0.1, -0.05) is 36.4 Å². The highest BCUT2D eigenvalue weighted by atomic mass is 31.2.